The van der Waals surface area contributed by atoms with Gasteiger partial charge in [-0.1, -0.05) is 23.8 Å². The molecule has 0 aliphatic carbocycles. The van der Waals surface area contributed by atoms with Gasteiger partial charge in [-0.25, -0.2) is 9.79 Å². The summed E-state index contributed by atoms with van der Waals surface area (Å²) in [6.07, 6.45) is 3.54. The molecule has 1 aromatic carbocycles. The second kappa shape index (κ2) is 5.82. The molecule has 3 rings (SSSR count). The maximum atomic E-state index is 12.0. The molecular weight excluding hydrogens is 266 g/mol. The van der Waals surface area contributed by atoms with E-state index < -0.39 is 0 Å². The molecule has 0 amide bonds. The average Bonchev–Trinajstić information content (AvgIpc) is 2.84. The highest BCUT2D eigenvalue weighted by atomic mass is 16.6. The predicted molar refractivity (Wildman–Crippen MR) is 81.0 cm³/mol. The third-order valence-electron chi connectivity index (χ3n) is 3.93. The van der Waals surface area contributed by atoms with Gasteiger partial charge in [-0.2, -0.15) is 0 Å². The lowest BCUT2D eigenvalue weighted by Gasteiger charge is -2.20. The Hall–Kier alpha value is -1.94. The molecule has 0 bridgehead atoms. The van der Waals surface area contributed by atoms with Gasteiger partial charge >= 0.3 is 5.97 Å². The van der Waals surface area contributed by atoms with Crippen molar-refractivity contribution in [3.8, 4) is 0 Å². The van der Waals surface area contributed by atoms with Gasteiger partial charge in [-0.3, -0.25) is 0 Å². The van der Waals surface area contributed by atoms with Crippen LogP contribution in [0.1, 0.15) is 29.5 Å². The minimum atomic E-state index is -0.350. The van der Waals surface area contributed by atoms with Gasteiger partial charge in [0.1, 0.15) is 0 Å². The molecule has 1 aromatic rings. The standard InChI is InChI=1S/C17H19NO3/c1-11-3-4-14(12(2)9-11)10-15-17(19)21-16(18-15)13-5-7-20-8-6-13/h3-4,9-10,13H,5-8H2,1-2H3/b15-10-. The molecule has 21 heavy (non-hydrogen) atoms. The van der Waals surface area contributed by atoms with Crippen molar-refractivity contribution in [1.29, 1.82) is 0 Å². The Bertz CT molecular complexity index is 625. The van der Waals surface area contributed by atoms with Gasteiger partial charge in [-0.15, -0.1) is 0 Å². The molecule has 0 aromatic heterocycles. The number of benzene rings is 1. The topological polar surface area (TPSA) is 47.9 Å². The Balaban J connectivity index is 1.85. The molecule has 0 N–H and O–H groups in total. The number of hydrogen-bond acceptors (Lipinski definition) is 4. The van der Waals surface area contributed by atoms with E-state index in [1.807, 2.05) is 25.1 Å². The Morgan fingerprint density at radius 2 is 2.00 bits per heavy atom. The molecule has 1 fully saturated rings. The van der Waals surface area contributed by atoms with Crippen molar-refractivity contribution in [2.45, 2.75) is 26.7 Å². The van der Waals surface area contributed by atoms with E-state index in [2.05, 4.69) is 18.0 Å². The number of nitrogens with zero attached hydrogens (tertiary/aromatic N) is 1. The van der Waals surface area contributed by atoms with Crippen LogP contribution in [0.2, 0.25) is 0 Å². The van der Waals surface area contributed by atoms with Crippen LogP contribution in [0.5, 0.6) is 0 Å². The van der Waals surface area contributed by atoms with Crippen molar-refractivity contribution < 1.29 is 14.3 Å². The Labute approximate surface area is 124 Å². The molecule has 4 heteroatoms. The Kier molecular flexibility index (Phi) is 3.88. The summed E-state index contributed by atoms with van der Waals surface area (Å²) in [7, 11) is 0. The number of rotatable bonds is 2. The molecule has 0 spiro atoms. The average molecular weight is 285 g/mol. The fourth-order valence-corrected chi connectivity index (χ4v) is 2.68. The Morgan fingerprint density at radius 1 is 1.24 bits per heavy atom. The van der Waals surface area contributed by atoms with Crippen molar-refractivity contribution in [3.63, 3.8) is 0 Å². The third-order valence-corrected chi connectivity index (χ3v) is 3.93. The molecule has 0 atom stereocenters. The van der Waals surface area contributed by atoms with E-state index in [4.69, 9.17) is 9.47 Å². The van der Waals surface area contributed by atoms with Crippen LogP contribution in [-0.2, 0) is 14.3 Å². The quantitative estimate of drug-likeness (QED) is 0.620. The van der Waals surface area contributed by atoms with Gasteiger partial charge in [0.2, 0.25) is 5.90 Å². The molecule has 0 unspecified atom stereocenters. The van der Waals surface area contributed by atoms with E-state index in [0.717, 1.165) is 24.0 Å². The van der Waals surface area contributed by atoms with E-state index >= 15 is 0 Å². The van der Waals surface area contributed by atoms with Crippen molar-refractivity contribution in [3.05, 3.63) is 40.6 Å². The van der Waals surface area contributed by atoms with Crippen LogP contribution in [0.4, 0.5) is 0 Å². The molecule has 4 nitrogen and oxygen atoms in total. The first-order chi connectivity index (χ1) is 10.1. The van der Waals surface area contributed by atoms with Gasteiger partial charge in [0, 0.05) is 19.1 Å². The zero-order chi connectivity index (χ0) is 14.8. The lowest BCUT2D eigenvalue weighted by molar-refractivity contribution is -0.130. The van der Waals surface area contributed by atoms with Crippen LogP contribution >= 0.6 is 0 Å². The summed E-state index contributed by atoms with van der Waals surface area (Å²) >= 11 is 0. The molecule has 0 radical (unpaired) electrons. The van der Waals surface area contributed by atoms with Crippen LogP contribution in [0.25, 0.3) is 6.08 Å². The van der Waals surface area contributed by atoms with E-state index in [9.17, 15) is 4.79 Å². The second-order valence-electron chi connectivity index (χ2n) is 5.62. The minimum absolute atomic E-state index is 0.202. The maximum absolute atomic E-state index is 12.0. The second-order valence-corrected chi connectivity index (χ2v) is 5.62. The number of carbonyl (C=O) groups is 1. The number of aryl methyl sites for hydroxylation is 2. The van der Waals surface area contributed by atoms with Gasteiger partial charge in [-0.05, 0) is 43.9 Å². The Morgan fingerprint density at radius 3 is 2.71 bits per heavy atom. The fraction of sp³-hybridized carbons (Fsp3) is 0.412. The van der Waals surface area contributed by atoms with Crippen LogP contribution < -0.4 is 0 Å². The summed E-state index contributed by atoms with van der Waals surface area (Å²) in [6, 6.07) is 6.13. The maximum Gasteiger partial charge on any atom is 0.363 e. The van der Waals surface area contributed by atoms with Gasteiger partial charge < -0.3 is 9.47 Å². The molecular formula is C17H19NO3. The first-order valence-electron chi connectivity index (χ1n) is 7.31. The summed E-state index contributed by atoms with van der Waals surface area (Å²) in [4.78, 5) is 16.4. The van der Waals surface area contributed by atoms with Crippen LogP contribution in [0.3, 0.4) is 0 Å². The lowest BCUT2D eigenvalue weighted by Crippen LogP contribution is -2.24. The number of ether oxygens (including phenoxy) is 2. The highest BCUT2D eigenvalue weighted by Gasteiger charge is 2.30. The van der Waals surface area contributed by atoms with Gasteiger partial charge in [0.25, 0.3) is 0 Å². The highest BCUT2D eigenvalue weighted by molar-refractivity contribution is 6.07. The number of hydrogen-bond donors (Lipinski definition) is 0. The smallest absolute Gasteiger partial charge is 0.363 e. The van der Waals surface area contributed by atoms with Crippen molar-refractivity contribution in [1.82, 2.24) is 0 Å². The first-order valence-corrected chi connectivity index (χ1v) is 7.31. The number of cyclic esters (lactones) is 1. The molecule has 2 aliphatic rings. The van der Waals surface area contributed by atoms with Crippen molar-refractivity contribution >= 4 is 17.9 Å². The summed E-state index contributed by atoms with van der Waals surface area (Å²) in [5, 5.41) is 0. The minimum Gasteiger partial charge on any atom is -0.406 e. The largest absolute Gasteiger partial charge is 0.406 e. The summed E-state index contributed by atoms with van der Waals surface area (Å²) in [5.41, 5.74) is 3.73. The zero-order valence-corrected chi connectivity index (χ0v) is 12.4. The number of aliphatic imine (C=N–C) groups is 1. The van der Waals surface area contributed by atoms with Crippen LogP contribution in [0, 0.1) is 19.8 Å². The van der Waals surface area contributed by atoms with E-state index in [-0.39, 0.29) is 11.9 Å². The molecule has 2 aliphatic heterocycles. The lowest BCUT2D eigenvalue weighted by atomic mass is 10.0. The summed E-state index contributed by atoms with van der Waals surface area (Å²) in [5.74, 6) is 0.406. The highest BCUT2D eigenvalue weighted by Crippen LogP contribution is 2.25. The zero-order valence-electron chi connectivity index (χ0n) is 12.4. The molecule has 110 valence electrons. The van der Waals surface area contributed by atoms with E-state index in [0.29, 0.717) is 24.8 Å². The van der Waals surface area contributed by atoms with Crippen molar-refractivity contribution in [2.75, 3.05) is 13.2 Å². The van der Waals surface area contributed by atoms with Crippen LogP contribution in [0.15, 0.2) is 28.9 Å². The molecule has 2 heterocycles. The fourth-order valence-electron chi connectivity index (χ4n) is 2.68. The molecule has 1 saturated heterocycles. The van der Waals surface area contributed by atoms with E-state index in [1.165, 1.54) is 5.56 Å². The van der Waals surface area contributed by atoms with Crippen molar-refractivity contribution in [2.24, 2.45) is 10.9 Å². The monoisotopic (exact) mass is 285 g/mol. The van der Waals surface area contributed by atoms with E-state index in [1.54, 1.807) is 0 Å². The summed E-state index contributed by atoms with van der Waals surface area (Å²) in [6.45, 7) is 5.49. The predicted octanol–water partition coefficient (Wildman–Crippen LogP) is 3.03. The number of esters is 1. The summed E-state index contributed by atoms with van der Waals surface area (Å²) < 4.78 is 10.7. The first kappa shape index (κ1) is 14.0. The molecule has 0 saturated carbocycles. The van der Waals surface area contributed by atoms with Gasteiger partial charge in [0.15, 0.2) is 5.70 Å². The SMILES string of the molecule is Cc1ccc(/C=C2\N=C(C3CCOCC3)OC2=O)c(C)c1. The van der Waals surface area contributed by atoms with Gasteiger partial charge in [0.05, 0.1) is 0 Å². The third kappa shape index (κ3) is 3.05. The normalized spacial score (nSPS) is 21.5. The number of carbonyl (C=O) groups excluding carboxylic acids is 1. The van der Waals surface area contributed by atoms with Crippen LogP contribution in [-0.4, -0.2) is 25.1 Å².